The van der Waals surface area contributed by atoms with E-state index in [1.54, 1.807) is 31.5 Å². The second kappa shape index (κ2) is 6.51. The first-order valence-electron chi connectivity index (χ1n) is 8.53. The summed E-state index contributed by atoms with van der Waals surface area (Å²) in [4.78, 5) is 45.2. The van der Waals surface area contributed by atoms with Crippen molar-refractivity contribution in [1.82, 2.24) is 14.4 Å². The number of aryl methyl sites for hydroxylation is 1. The SMILES string of the molecule is COC(=O)C1=NC2C(C=C1)N1CC=C(C1)N2C(=O)Nc1cccn(C)c1=O. The number of methoxy groups -OCH3 is 1. The number of aromatic nitrogens is 1. The van der Waals surface area contributed by atoms with Crippen LogP contribution in [0.3, 0.4) is 0 Å². The zero-order valence-corrected chi connectivity index (χ0v) is 15.0. The molecule has 3 unspecified atom stereocenters. The van der Waals surface area contributed by atoms with Crippen LogP contribution in [0.4, 0.5) is 10.5 Å². The third kappa shape index (κ3) is 2.85. The minimum atomic E-state index is -0.598. The van der Waals surface area contributed by atoms with Crippen molar-refractivity contribution in [3.63, 3.8) is 0 Å². The quantitative estimate of drug-likeness (QED) is 0.757. The summed E-state index contributed by atoms with van der Waals surface area (Å²) in [5.74, 6) is -0.552. The number of carbonyl (C=O) groups is 2. The van der Waals surface area contributed by atoms with Crippen LogP contribution in [0.1, 0.15) is 0 Å². The molecule has 1 aromatic rings. The fraction of sp³-hybridized carbons (Fsp3) is 0.333. The Kier molecular flexibility index (Phi) is 4.15. The van der Waals surface area contributed by atoms with Crippen LogP contribution >= 0.6 is 0 Å². The van der Waals surface area contributed by atoms with Gasteiger partial charge in [0.15, 0.2) is 0 Å². The van der Waals surface area contributed by atoms with Gasteiger partial charge in [0.25, 0.3) is 5.56 Å². The number of hydrogen-bond acceptors (Lipinski definition) is 6. The smallest absolute Gasteiger partial charge is 0.356 e. The van der Waals surface area contributed by atoms with Crippen LogP contribution in [0.25, 0.3) is 0 Å². The fourth-order valence-corrected chi connectivity index (χ4v) is 3.55. The van der Waals surface area contributed by atoms with Gasteiger partial charge in [-0.1, -0.05) is 6.08 Å². The number of ether oxygens (including phenoxy) is 1. The van der Waals surface area contributed by atoms with Gasteiger partial charge in [-0.25, -0.2) is 9.59 Å². The molecular formula is C18H19N5O4. The third-order valence-corrected chi connectivity index (χ3v) is 4.93. The molecule has 9 nitrogen and oxygen atoms in total. The predicted molar refractivity (Wildman–Crippen MR) is 98.4 cm³/mol. The molecule has 4 rings (SSSR count). The Morgan fingerprint density at radius 3 is 2.96 bits per heavy atom. The number of nitrogens with zero attached hydrogens (tertiary/aromatic N) is 4. The highest BCUT2D eigenvalue weighted by atomic mass is 16.5. The zero-order valence-electron chi connectivity index (χ0n) is 15.0. The van der Waals surface area contributed by atoms with Gasteiger partial charge in [0, 0.05) is 32.0 Å². The number of dihydropyridines is 1. The molecule has 0 aromatic carbocycles. The minimum absolute atomic E-state index is 0.148. The van der Waals surface area contributed by atoms with E-state index in [1.165, 1.54) is 16.6 Å². The van der Waals surface area contributed by atoms with Crippen molar-refractivity contribution in [2.75, 3.05) is 25.5 Å². The van der Waals surface area contributed by atoms with Crippen molar-refractivity contribution >= 4 is 23.4 Å². The molecule has 1 saturated heterocycles. The second-order valence-corrected chi connectivity index (χ2v) is 6.53. The van der Waals surface area contributed by atoms with Gasteiger partial charge >= 0.3 is 12.0 Å². The van der Waals surface area contributed by atoms with Crippen LogP contribution in [0.2, 0.25) is 0 Å². The lowest BCUT2D eigenvalue weighted by Gasteiger charge is -2.43. The van der Waals surface area contributed by atoms with E-state index in [1.807, 2.05) is 12.2 Å². The highest BCUT2D eigenvalue weighted by Crippen LogP contribution is 2.32. The van der Waals surface area contributed by atoms with Crippen LogP contribution in [0, 0.1) is 0 Å². The molecule has 1 N–H and O–H groups in total. The lowest BCUT2D eigenvalue weighted by molar-refractivity contribution is -0.132. The maximum atomic E-state index is 13.0. The van der Waals surface area contributed by atoms with E-state index in [0.29, 0.717) is 13.1 Å². The van der Waals surface area contributed by atoms with E-state index in [2.05, 4.69) is 15.2 Å². The zero-order chi connectivity index (χ0) is 19.1. The maximum absolute atomic E-state index is 13.0. The van der Waals surface area contributed by atoms with E-state index in [4.69, 9.17) is 4.74 Å². The number of fused-ring (bicyclic) bond motifs is 4. The Balaban J connectivity index is 1.67. The molecule has 3 aliphatic heterocycles. The molecule has 9 heteroatoms. The van der Waals surface area contributed by atoms with E-state index in [9.17, 15) is 14.4 Å². The molecule has 3 aliphatic rings. The summed E-state index contributed by atoms with van der Waals surface area (Å²) in [5.41, 5.74) is 0.842. The van der Waals surface area contributed by atoms with Gasteiger partial charge in [-0.3, -0.25) is 19.6 Å². The number of anilines is 1. The summed E-state index contributed by atoms with van der Waals surface area (Å²) in [7, 11) is 2.90. The maximum Gasteiger partial charge on any atom is 0.356 e. The van der Waals surface area contributed by atoms with Crippen molar-refractivity contribution in [1.29, 1.82) is 0 Å². The van der Waals surface area contributed by atoms with Crippen molar-refractivity contribution in [2.45, 2.75) is 12.2 Å². The predicted octanol–water partition coefficient (Wildman–Crippen LogP) is 0.311. The summed E-state index contributed by atoms with van der Waals surface area (Å²) < 4.78 is 6.14. The number of aliphatic imine (C=N–C) groups is 1. The van der Waals surface area contributed by atoms with E-state index >= 15 is 0 Å². The van der Waals surface area contributed by atoms with Crippen LogP contribution in [0.15, 0.2) is 52.0 Å². The largest absolute Gasteiger partial charge is 0.464 e. The highest BCUT2D eigenvalue weighted by molar-refractivity contribution is 6.41. The van der Waals surface area contributed by atoms with Crippen LogP contribution in [-0.2, 0) is 16.6 Å². The third-order valence-electron chi connectivity index (χ3n) is 4.93. The van der Waals surface area contributed by atoms with Crippen molar-refractivity contribution < 1.29 is 14.3 Å². The number of carbonyl (C=O) groups excluding carboxylic acids is 2. The number of esters is 1. The molecular weight excluding hydrogens is 350 g/mol. The lowest BCUT2D eigenvalue weighted by Crippen LogP contribution is -2.58. The number of nitrogens with one attached hydrogen (secondary N) is 1. The summed E-state index contributed by atoms with van der Waals surface area (Å²) in [6, 6.07) is 2.64. The van der Waals surface area contributed by atoms with Crippen molar-refractivity contribution in [3.8, 4) is 0 Å². The van der Waals surface area contributed by atoms with E-state index in [-0.39, 0.29) is 23.0 Å². The van der Waals surface area contributed by atoms with Gasteiger partial charge in [-0.15, -0.1) is 0 Å². The van der Waals surface area contributed by atoms with Crippen LogP contribution in [-0.4, -0.2) is 64.5 Å². The molecule has 27 heavy (non-hydrogen) atoms. The van der Waals surface area contributed by atoms with Gasteiger partial charge < -0.3 is 14.6 Å². The Labute approximate surface area is 155 Å². The van der Waals surface area contributed by atoms with E-state index < -0.39 is 18.2 Å². The molecule has 0 aliphatic carbocycles. The average molecular weight is 369 g/mol. The Morgan fingerprint density at radius 2 is 2.19 bits per heavy atom. The number of rotatable bonds is 2. The summed E-state index contributed by atoms with van der Waals surface area (Å²) >= 11 is 0. The number of hydrogen-bond donors (Lipinski definition) is 1. The molecule has 3 atom stereocenters. The molecule has 2 amide bonds. The molecule has 4 heterocycles. The fourth-order valence-electron chi connectivity index (χ4n) is 3.55. The van der Waals surface area contributed by atoms with E-state index in [0.717, 1.165) is 5.70 Å². The number of piperazine rings is 1. The van der Waals surface area contributed by atoms with Crippen molar-refractivity contribution in [3.05, 3.63) is 52.6 Å². The standard InChI is InChI=1S/C18H19N5O4/c1-21-8-3-4-12(16(21)24)20-18(26)23-11-7-9-22(10-11)14-6-5-13(17(25)27-2)19-15(14)23/h3-8,14-15H,9-10H2,1-2H3,(H,20,26). The van der Waals surface area contributed by atoms with Gasteiger partial charge in [-0.05, 0) is 24.3 Å². The lowest BCUT2D eigenvalue weighted by atomic mass is 10.0. The van der Waals surface area contributed by atoms with Crippen LogP contribution < -0.4 is 10.9 Å². The molecule has 1 fully saturated rings. The minimum Gasteiger partial charge on any atom is -0.464 e. The Morgan fingerprint density at radius 1 is 1.37 bits per heavy atom. The van der Waals surface area contributed by atoms with Gasteiger partial charge in [0.05, 0.1) is 13.2 Å². The number of amides is 2. The average Bonchev–Trinajstić information content (AvgIpc) is 3.09. The molecule has 0 saturated carbocycles. The molecule has 2 bridgehead atoms. The van der Waals surface area contributed by atoms with Gasteiger partial charge in [0.1, 0.15) is 17.6 Å². The monoisotopic (exact) mass is 369 g/mol. The van der Waals surface area contributed by atoms with Gasteiger partial charge in [-0.2, -0.15) is 0 Å². The summed E-state index contributed by atoms with van der Waals surface area (Å²) in [6.45, 7) is 1.30. The second-order valence-electron chi connectivity index (χ2n) is 6.53. The topological polar surface area (TPSA) is 96.2 Å². The Bertz CT molecular complexity index is 961. The summed E-state index contributed by atoms with van der Waals surface area (Å²) in [6.07, 6.45) is 6.47. The number of pyridine rings is 1. The first-order valence-corrected chi connectivity index (χ1v) is 8.53. The highest BCUT2D eigenvalue weighted by Gasteiger charge is 2.44. The first-order chi connectivity index (χ1) is 13.0. The molecule has 1 aromatic heterocycles. The van der Waals surface area contributed by atoms with Crippen molar-refractivity contribution in [2.24, 2.45) is 12.0 Å². The van der Waals surface area contributed by atoms with Crippen LogP contribution in [0.5, 0.6) is 0 Å². The molecule has 140 valence electrons. The Hall–Kier alpha value is -3.20. The first kappa shape index (κ1) is 17.2. The number of urea groups is 1. The normalized spacial score (nSPS) is 25.4. The van der Waals surface area contributed by atoms with Gasteiger partial charge in [0.2, 0.25) is 0 Å². The molecule has 0 spiro atoms. The molecule has 0 radical (unpaired) electrons. The summed E-state index contributed by atoms with van der Waals surface area (Å²) in [5, 5.41) is 2.68.